The molecule has 0 saturated carbocycles. The maximum Gasteiger partial charge on any atom is 0.412 e. The number of aromatic nitrogens is 1. The highest BCUT2D eigenvalue weighted by Gasteiger charge is 2.16. The fourth-order valence-electron chi connectivity index (χ4n) is 1.98. The van der Waals surface area contributed by atoms with Gasteiger partial charge in [0.25, 0.3) is 0 Å². The van der Waals surface area contributed by atoms with Gasteiger partial charge in [-0.05, 0) is 57.0 Å². The summed E-state index contributed by atoms with van der Waals surface area (Å²) in [5.74, 6) is 0.749. The van der Waals surface area contributed by atoms with Gasteiger partial charge in [0.15, 0.2) is 0 Å². The molecule has 1 aromatic heterocycles. The molecule has 6 heteroatoms. The largest absolute Gasteiger partial charge is 0.444 e. The van der Waals surface area contributed by atoms with Crippen LogP contribution < -0.4 is 10.6 Å². The summed E-state index contributed by atoms with van der Waals surface area (Å²) in [6.45, 7) is 6.21. The predicted octanol–water partition coefficient (Wildman–Crippen LogP) is 4.74. The molecule has 0 radical (unpaired) electrons. The first kappa shape index (κ1) is 18.1. The molecule has 0 aliphatic rings. The first-order valence-electron chi connectivity index (χ1n) is 7.76. The average Bonchev–Trinajstić information content (AvgIpc) is 2.49. The number of halogens is 1. The summed E-state index contributed by atoms with van der Waals surface area (Å²) in [5.41, 5.74) is 1.27. The van der Waals surface area contributed by atoms with Gasteiger partial charge in [-0.1, -0.05) is 23.7 Å². The molecular formula is C18H22ClN3O2. The normalized spacial score (nSPS) is 11.0. The molecule has 0 fully saturated rings. The van der Waals surface area contributed by atoms with E-state index in [-0.39, 0.29) is 0 Å². The average molecular weight is 348 g/mol. The number of amides is 1. The fourth-order valence-corrected chi connectivity index (χ4v) is 2.11. The number of anilines is 2. The summed E-state index contributed by atoms with van der Waals surface area (Å²) in [6, 6.07) is 11.4. The van der Waals surface area contributed by atoms with Crippen LogP contribution in [0, 0.1) is 0 Å². The van der Waals surface area contributed by atoms with Crippen molar-refractivity contribution in [3.05, 3.63) is 53.2 Å². The highest BCUT2D eigenvalue weighted by Crippen LogP contribution is 2.13. The number of benzene rings is 1. The molecule has 2 aromatic rings. The molecule has 0 spiro atoms. The molecule has 0 unspecified atom stereocenters. The maximum absolute atomic E-state index is 11.7. The lowest BCUT2D eigenvalue weighted by atomic mass is 10.1. The van der Waals surface area contributed by atoms with E-state index in [1.54, 1.807) is 12.3 Å². The number of carbonyl (C=O) groups excluding carboxylic acids is 1. The lowest BCUT2D eigenvalue weighted by Gasteiger charge is -2.19. The Hall–Kier alpha value is -2.27. The third-order valence-electron chi connectivity index (χ3n) is 3.04. The van der Waals surface area contributed by atoms with Crippen LogP contribution in [0.3, 0.4) is 0 Å². The van der Waals surface area contributed by atoms with Gasteiger partial charge >= 0.3 is 6.09 Å². The van der Waals surface area contributed by atoms with Crippen LogP contribution in [0.4, 0.5) is 16.3 Å². The number of carbonyl (C=O) groups is 1. The lowest BCUT2D eigenvalue weighted by molar-refractivity contribution is 0.0636. The van der Waals surface area contributed by atoms with Crippen molar-refractivity contribution >= 4 is 29.2 Å². The molecule has 1 aromatic carbocycles. The van der Waals surface area contributed by atoms with Crippen LogP contribution >= 0.6 is 11.6 Å². The molecule has 1 heterocycles. The summed E-state index contributed by atoms with van der Waals surface area (Å²) in [4.78, 5) is 16.0. The molecule has 2 N–H and O–H groups in total. The first-order valence-corrected chi connectivity index (χ1v) is 8.14. The number of hydrogen-bond acceptors (Lipinski definition) is 4. The number of nitrogens with one attached hydrogen (secondary N) is 2. The minimum absolute atomic E-state index is 0.493. The van der Waals surface area contributed by atoms with Crippen LogP contribution in [0.2, 0.25) is 5.02 Å². The van der Waals surface area contributed by atoms with E-state index in [9.17, 15) is 4.79 Å². The Bertz CT molecular complexity index is 664. The summed E-state index contributed by atoms with van der Waals surface area (Å²) < 4.78 is 5.19. The van der Waals surface area contributed by atoms with Gasteiger partial charge in [0.05, 0.1) is 11.9 Å². The lowest BCUT2D eigenvalue weighted by Crippen LogP contribution is -2.27. The van der Waals surface area contributed by atoms with E-state index in [2.05, 4.69) is 15.6 Å². The van der Waals surface area contributed by atoms with Crippen LogP contribution in [0.15, 0.2) is 42.6 Å². The molecular weight excluding hydrogens is 326 g/mol. The van der Waals surface area contributed by atoms with Gasteiger partial charge in [-0.15, -0.1) is 0 Å². The van der Waals surface area contributed by atoms with Crippen molar-refractivity contribution in [1.29, 1.82) is 0 Å². The third kappa shape index (κ3) is 6.46. The van der Waals surface area contributed by atoms with Crippen molar-refractivity contribution < 1.29 is 9.53 Å². The van der Waals surface area contributed by atoms with Crippen molar-refractivity contribution in [2.75, 3.05) is 17.2 Å². The van der Waals surface area contributed by atoms with Crippen LogP contribution in [-0.4, -0.2) is 23.2 Å². The van der Waals surface area contributed by atoms with E-state index in [1.807, 2.05) is 51.1 Å². The zero-order valence-corrected chi connectivity index (χ0v) is 14.9. The standard InChI is InChI=1S/C18H22ClN3O2/c1-18(2,3)24-17(23)22-15-8-9-16(21-12-15)20-11-10-13-4-6-14(19)7-5-13/h4-9,12H,10-11H2,1-3H3,(H,20,21)(H,22,23). The summed E-state index contributed by atoms with van der Waals surface area (Å²) in [5, 5.41) is 6.62. The molecule has 5 nitrogen and oxygen atoms in total. The number of nitrogens with zero attached hydrogens (tertiary/aromatic N) is 1. The van der Waals surface area contributed by atoms with Gasteiger partial charge < -0.3 is 10.1 Å². The van der Waals surface area contributed by atoms with Crippen LogP contribution in [0.1, 0.15) is 26.3 Å². The van der Waals surface area contributed by atoms with Crippen LogP contribution in [0.5, 0.6) is 0 Å². The van der Waals surface area contributed by atoms with Crippen molar-refractivity contribution in [2.45, 2.75) is 32.8 Å². The van der Waals surface area contributed by atoms with Gasteiger partial charge in [0.2, 0.25) is 0 Å². The Labute approximate surface area is 147 Å². The predicted molar refractivity (Wildman–Crippen MR) is 97.7 cm³/mol. The van der Waals surface area contributed by atoms with Gasteiger partial charge in [0, 0.05) is 11.6 Å². The van der Waals surface area contributed by atoms with Gasteiger partial charge in [-0.2, -0.15) is 0 Å². The molecule has 128 valence electrons. The fraction of sp³-hybridized carbons (Fsp3) is 0.333. The molecule has 2 rings (SSSR count). The van der Waals surface area contributed by atoms with Gasteiger partial charge in [-0.25, -0.2) is 9.78 Å². The third-order valence-corrected chi connectivity index (χ3v) is 3.29. The van der Waals surface area contributed by atoms with Crippen molar-refractivity contribution in [3.8, 4) is 0 Å². The van der Waals surface area contributed by atoms with Crippen molar-refractivity contribution in [1.82, 2.24) is 4.98 Å². The number of rotatable bonds is 5. The Kier molecular flexibility index (Phi) is 6.04. The molecule has 0 aliphatic heterocycles. The number of hydrogen-bond donors (Lipinski definition) is 2. The second kappa shape index (κ2) is 8.02. The summed E-state index contributed by atoms with van der Waals surface area (Å²) in [7, 11) is 0. The molecule has 0 aliphatic carbocycles. The van der Waals surface area contributed by atoms with Crippen LogP contribution in [0.25, 0.3) is 0 Å². The SMILES string of the molecule is CC(C)(C)OC(=O)Nc1ccc(NCCc2ccc(Cl)cc2)nc1. The van der Waals surface area contributed by atoms with Crippen molar-refractivity contribution in [3.63, 3.8) is 0 Å². The van der Waals surface area contributed by atoms with E-state index >= 15 is 0 Å². The van der Waals surface area contributed by atoms with E-state index < -0.39 is 11.7 Å². The Morgan fingerprint density at radius 2 is 1.88 bits per heavy atom. The van der Waals surface area contributed by atoms with E-state index in [0.717, 1.165) is 23.8 Å². The molecule has 1 amide bonds. The Morgan fingerprint density at radius 1 is 1.17 bits per heavy atom. The van der Waals surface area contributed by atoms with E-state index in [0.29, 0.717) is 5.69 Å². The molecule has 0 atom stereocenters. The van der Waals surface area contributed by atoms with E-state index in [4.69, 9.17) is 16.3 Å². The first-order chi connectivity index (χ1) is 11.3. The highest BCUT2D eigenvalue weighted by molar-refractivity contribution is 6.30. The smallest absolute Gasteiger partial charge is 0.412 e. The van der Waals surface area contributed by atoms with Crippen molar-refractivity contribution in [2.24, 2.45) is 0 Å². The monoisotopic (exact) mass is 347 g/mol. The minimum Gasteiger partial charge on any atom is -0.444 e. The second-order valence-corrected chi connectivity index (χ2v) is 6.80. The van der Waals surface area contributed by atoms with Gasteiger partial charge in [-0.3, -0.25) is 5.32 Å². The Balaban J connectivity index is 1.79. The quantitative estimate of drug-likeness (QED) is 0.820. The van der Waals surface area contributed by atoms with E-state index in [1.165, 1.54) is 5.56 Å². The number of pyridine rings is 1. The van der Waals surface area contributed by atoms with Gasteiger partial charge in [0.1, 0.15) is 11.4 Å². The Morgan fingerprint density at radius 3 is 2.46 bits per heavy atom. The summed E-state index contributed by atoms with van der Waals surface area (Å²) >= 11 is 5.86. The molecule has 0 saturated heterocycles. The molecule has 24 heavy (non-hydrogen) atoms. The maximum atomic E-state index is 11.7. The minimum atomic E-state index is -0.527. The highest BCUT2D eigenvalue weighted by atomic mass is 35.5. The number of ether oxygens (including phenoxy) is 1. The van der Waals surface area contributed by atoms with Crippen LogP contribution in [-0.2, 0) is 11.2 Å². The molecule has 0 bridgehead atoms. The zero-order valence-electron chi connectivity index (χ0n) is 14.1. The second-order valence-electron chi connectivity index (χ2n) is 6.36. The zero-order chi connectivity index (χ0) is 17.6. The topological polar surface area (TPSA) is 63.2 Å². The summed E-state index contributed by atoms with van der Waals surface area (Å²) in [6.07, 6.45) is 1.97.